The minimum Gasteiger partial charge on any atom is -0.338 e. The van der Waals surface area contributed by atoms with Crippen LogP contribution >= 0.6 is 11.6 Å². The molecule has 1 spiro atoms. The van der Waals surface area contributed by atoms with Gasteiger partial charge in [0.2, 0.25) is 0 Å². The number of likely N-dealkylation sites (tertiary alicyclic amines) is 1. The van der Waals surface area contributed by atoms with Gasteiger partial charge in [0.25, 0.3) is 11.8 Å². The molecule has 0 saturated carbocycles. The van der Waals surface area contributed by atoms with E-state index in [1.54, 1.807) is 29.2 Å². The van der Waals surface area contributed by atoms with Crippen LogP contribution in [0.5, 0.6) is 0 Å². The van der Waals surface area contributed by atoms with Gasteiger partial charge in [-0.25, -0.2) is 0 Å². The number of carbonyl (C=O) groups is 2. The third kappa shape index (κ3) is 3.35. The molecule has 2 amide bonds. The number of benzene rings is 2. The highest BCUT2D eigenvalue weighted by atomic mass is 35.5. The van der Waals surface area contributed by atoms with Gasteiger partial charge in [0.1, 0.15) is 11.4 Å². The average Bonchev–Trinajstić information content (AvgIpc) is 2.98. The van der Waals surface area contributed by atoms with Crippen molar-refractivity contribution in [2.45, 2.75) is 25.4 Å². The molecule has 2 heterocycles. The zero-order chi connectivity index (χ0) is 19.0. The highest BCUT2D eigenvalue weighted by molar-refractivity contribution is 6.46. The number of piperidine rings is 1. The monoisotopic (exact) mass is 381 g/mol. The fourth-order valence-electron chi connectivity index (χ4n) is 3.67. The molecular weight excluding hydrogens is 362 g/mol. The van der Waals surface area contributed by atoms with E-state index in [9.17, 15) is 9.59 Å². The van der Waals surface area contributed by atoms with Gasteiger partial charge in [0.15, 0.2) is 0 Å². The minimum absolute atomic E-state index is 0.0809. The van der Waals surface area contributed by atoms with E-state index in [0.717, 1.165) is 11.1 Å². The van der Waals surface area contributed by atoms with E-state index in [4.69, 9.17) is 16.6 Å². The van der Waals surface area contributed by atoms with Crippen molar-refractivity contribution in [3.8, 4) is 0 Å². The van der Waals surface area contributed by atoms with Crippen molar-refractivity contribution >= 4 is 29.1 Å². The number of aryl methyl sites for hydroxylation is 1. The number of nitrogens with one attached hydrogen (secondary N) is 1. The van der Waals surface area contributed by atoms with Crippen LogP contribution in [-0.2, 0) is 4.79 Å². The fourth-order valence-corrected chi connectivity index (χ4v) is 3.89. The second-order valence-electron chi connectivity index (χ2n) is 7.09. The number of nitrogens with zero attached hydrogens (tertiary/aromatic N) is 2. The Morgan fingerprint density at radius 2 is 1.89 bits per heavy atom. The maximum Gasteiger partial charge on any atom is 0.272 e. The first kappa shape index (κ1) is 17.7. The topological polar surface area (TPSA) is 61.8 Å². The summed E-state index contributed by atoms with van der Waals surface area (Å²) < 4.78 is 0. The molecule has 0 aromatic heterocycles. The number of carbonyl (C=O) groups excluding carboxylic acids is 2. The predicted molar refractivity (Wildman–Crippen MR) is 105 cm³/mol. The van der Waals surface area contributed by atoms with Gasteiger partial charge in [0.05, 0.1) is 10.6 Å². The summed E-state index contributed by atoms with van der Waals surface area (Å²) in [4.78, 5) is 31.8. The summed E-state index contributed by atoms with van der Waals surface area (Å²) in [5, 5.41) is 3.50. The largest absolute Gasteiger partial charge is 0.338 e. The normalized spacial score (nSPS) is 18.4. The quantitative estimate of drug-likeness (QED) is 0.868. The van der Waals surface area contributed by atoms with Crippen molar-refractivity contribution in [3.05, 3.63) is 70.2 Å². The van der Waals surface area contributed by atoms with E-state index >= 15 is 0 Å². The first-order valence-corrected chi connectivity index (χ1v) is 9.38. The van der Waals surface area contributed by atoms with Crippen LogP contribution in [0.4, 0.5) is 0 Å². The lowest BCUT2D eigenvalue weighted by Gasteiger charge is -2.37. The molecule has 1 saturated heterocycles. The van der Waals surface area contributed by atoms with Crippen LogP contribution in [0.3, 0.4) is 0 Å². The summed E-state index contributed by atoms with van der Waals surface area (Å²) in [6.45, 7) is 3.04. The van der Waals surface area contributed by atoms with Gasteiger partial charge in [-0.1, -0.05) is 47.5 Å². The molecule has 27 heavy (non-hydrogen) atoms. The summed E-state index contributed by atoms with van der Waals surface area (Å²) in [6, 6.07) is 14.9. The Morgan fingerprint density at radius 1 is 1.15 bits per heavy atom. The van der Waals surface area contributed by atoms with Crippen molar-refractivity contribution in [2.75, 3.05) is 13.1 Å². The average molecular weight is 382 g/mol. The lowest BCUT2D eigenvalue weighted by Crippen LogP contribution is -2.52. The van der Waals surface area contributed by atoms with Crippen molar-refractivity contribution < 1.29 is 9.59 Å². The van der Waals surface area contributed by atoms with Crippen LogP contribution in [-0.4, -0.2) is 41.2 Å². The van der Waals surface area contributed by atoms with Crippen molar-refractivity contribution in [3.63, 3.8) is 0 Å². The molecule has 0 unspecified atom stereocenters. The van der Waals surface area contributed by atoms with E-state index < -0.39 is 5.66 Å². The molecule has 1 fully saturated rings. The van der Waals surface area contributed by atoms with Crippen LogP contribution < -0.4 is 5.32 Å². The molecule has 2 aromatic rings. The van der Waals surface area contributed by atoms with Gasteiger partial charge >= 0.3 is 0 Å². The van der Waals surface area contributed by atoms with Crippen molar-refractivity contribution in [2.24, 2.45) is 4.99 Å². The van der Waals surface area contributed by atoms with E-state index in [1.165, 1.54) is 0 Å². The van der Waals surface area contributed by atoms with Crippen LogP contribution in [0, 0.1) is 6.92 Å². The maximum absolute atomic E-state index is 12.7. The summed E-state index contributed by atoms with van der Waals surface area (Å²) >= 11 is 6.15. The summed E-state index contributed by atoms with van der Waals surface area (Å²) in [6.07, 6.45) is 1.18. The van der Waals surface area contributed by atoms with Gasteiger partial charge in [0, 0.05) is 31.5 Å². The Hall–Kier alpha value is -2.66. The molecule has 6 heteroatoms. The van der Waals surface area contributed by atoms with Crippen LogP contribution in [0.15, 0.2) is 53.5 Å². The van der Waals surface area contributed by atoms with Gasteiger partial charge in [-0.15, -0.1) is 0 Å². The zero-order valence-corrected chi connectivity index (χ0v) is 15.8. The minimum atomic E-state index is -0.618. The van der Waals surface area contributed by atoms with Crippen molar-refractivity contribution in [1.29, 1.82) is 0 Å². The molecule has 1 N–H and O–H groups in total. The number of hydrogen-bond donors (Lipinski definition) is 1. The smallest absolute Gasteiger partial charge is 0.272 e. The van der Waals surface area contributed by atoms with E-state index in [-0.39, 0.29) is 11.8 Å². The molecule has 0 radical (unpaired) electrons. The van der Waals surface area contributed by atoms with Gasteiger partial charge in [-0.3, -0.25) is 14.6 Å². The highest BCUT2D eigenvalue weighted by Crippen LogP contribution is 2.30. The third-order valence-electron chi connectivity index (χ3n) is 5.16. The molecule has 2 aliphatic rings. The molecule has 0 aliphatic carbocycles. The number of rotatable bonds is 2. The number of aliphatic imine (C=N–C) groups is 1. The lowest BCUT2D eigenvalue weighted by molar-refractivity contribution is -0.115. The Labute approximate surface area is 163 Å². The first-order chi connectivity index (χ1) is 13.0. The molecule has 5 nitrogen and oxygen atoms in total. The number of amides is 2. The van der Waals surface area contributed by atoms with Crippen LogP contribution in [0.25, 0.3) is 0 Å². The molecular formula is C21H20ClN3O2. The zero-order valence-electron chi connectivity index (χ0n) is 15.0. The Kier molecular flexibility index (Phi) is 4.48. The van der Waals surface area contributed by atoms with Gasteiger partial charge in [-0.2, -0.15) is 0 Å². The highest BCUT2D eigenvalue weighted by Gasteiger charge is 2.43. The lowest BCUT2D eigenvalue weighted by atomic mass is 9.97. The molecule has 2 aliphatic heterocycles. The SMILES string of the molecule is Cc1cccc(C2=NC3(CCN(C(=O)c4ccccc4Cl)CC3)NC2=O)c1. The Bertz CT molecular complexity index is 946. The molecule has 0 bridgehead atoms. The third-order valence-corrected chi connectivity index (χ3v) is 5.49. The molecule has 4 rings (SSSR count). The molecule has 138 valence electrons. The second-order valence-corrected chi connectivity index (χ2v) is 7.49. The fraction of sp³-hybridized carbons (Fsp3) is 0.286. The first-order valence-electron chi connectivity index (χ1n) is 9.01. The molecule has 0 atom stereocenters. The summed E-state index contributed by atoms with van der Waals surface area (Å²) in [5.74, 6) is -0.228. The molecule has 2 aromatic carbocycles. The Morgan fingerprint density at radius 3 is 2.59 bits per heavy atom. The van der Waals surface area contributed by atoms with Gasteiger partial charge < -0.3 is 10.2 Å². The standard InChI is InChI=1S/C21H20ClN3O2/c1-14-5-4-6-15(13-14)18-19(26)24-21(23-18)9-11-25(12-10-21)20(27)16-7-2-3-8-17(16)22/h2-8,13H,9-12H2,1H3,(H,24,26). The Balaban J connectivity index is 1.51. The van der Waals surface area contributed by atoms with E-state index in [2.05, 4.69) is 5.32 Å². The number of halogens is 1. The maximum atomic E-state index is 12.7. The van der Waals surface area contributed by atoms with E-state index in [1.807, 2.05) is 31.2 Å². The van der Waals surface area contributed by atoms with Gasteiger partial charge in [-0.05, 0) is 25.1 Å². The summed E-state index contributed by atoms with van der Waals surface area (Å²) in [5.41, 5.74) is 2.29. The van der Waals surface area contributed by atoms with Crippen molar-refractivity contribution in [1.82, 2.24) is 10.2 Å². The summed E-state index contributed by atoms with van der Waals surface area (Å²) in [7, 11) is 0. The van der Waals surface area contributed by atoms with E-state index in [0.29, 0.717) is 42.2 Å². The van der Waals surface area contributed by atoms with Crippen LogP contribution in [0.2, 0.25) is 5.02 Å². The predicted octanol–water partition coefficient (Wildman–Crippen LogP) is 3.20. The second kappa shape index (κ2) is 6.82. The number of hydrogen-bond acceptors (Lipinski definition) is 3. The van der Waals surface area contributed by atoms with Crippen LogP contribution in [0.1, 0.15) is 34.3 Å².